The van der Waals surface area contributed by atoms with E-state index in [4.69, 9.17) is 62.0 Å². The molecule has 0 atom stereocenters. The first kappa shape index (κ1) is 94.8. The van der Waals surface area contributed by atoms with E-state index in [1.807, 2.05) is 260 Å². The lowest BCUT2D eigenvalue weighted by Gasteiger charge is -2.21. The van der Waals surface area contributed by atoms with Crippen LogP contribution in [0, 0.1) is 0 Å². The number of phenols is 1. The monoisotopic (exact) mass is 1880 g/mol. The zero-order valence-electron chi connectivity index (χ0n) is 72.5. The number of rotatable bonds is 16. The summed E-state index contributed by atoms with van der Waals surface area (Å²) >= 11 is 6.21. The molecular formula is C107H102ClN19O12. The minimum absolute atomic E-state index is 0. The molecule has 23 rings (SSSR count). The number of nitrogens with two attached hydrogens (primary N) is 3. The van der Waals surface area contributed by atoms with Gasteiger partial charge in [0.15, 0.2) is 0 Å². The fourth-order valence-corrected chi connectivity index (χ4v) is 17.5. The maximum absolute atomic E-state index is 13.3. The lowest BCUT2D eigenvalue weighted by Crippen LogP contribution is -2.32. The van der Waals surface area contributed by atoms with Crippen molar-refractivity contribution >= 4 is 119 Å². The van der Waals surface area contributed by atoms with Gasteiger partial charge in [-0.1, -0.05) is 151 Å². The Morgan fingerprint density at radius 2 is 0.633 bits per heavy atom. The first-order chi connectivity index (χ1) is 66.2. The third-order valence-corrected chi connectivity index (χ3v) is 24.2. The lowest BCUT2D eigenvalue weighted by atomic mass is 10.2. The Hall–Kier alpha value is -17.4. The van der Waals surface area contributed by atoms with Crippen LogP contribution in [-0.2, 0) is 13.2 Å². The van der Waals surface area contributed by atoms with E-state index < -0.39 is 0 Å². The molecule has 4 aliphatic heterocycles. The molecular weight excluding hydrogens is 1780 g/mol. The molecule has 8 aromatic heterocycles. The lowest BCUT2D eigenvalue weighted by molar-refractivity contribution is 0.0981. The number of para-hydroxylation sites is 8. The Morgan fingerprint density at radius 1 is 0.338 bits per heavy atom. The van der Waals surface area contributed by atoms with E-state index in [1.54, 1.807) is 31.7 Å². The van der Waals surface area contributed by atoms with Crippen LogP contribution in [0.25, 0.3) is 66.4 Å². The molecule has 32 heteroatoms. The predicted molar refractivity (Wildman–Crippen MR) is 541 cm³/mol. The number of benzene rings is 10. The van der Waals surface area contributed by atoms with Crippen molar-refractivity contribution in [3.8, 4) is 69.3 Å². The van der Waals surface area contributed by atoms with Crippen molar-refractivity contribution in [3.05, 3.63) is 343 Å². The smallest absolute Gasteiger partial charge is 0.267 e. The Bertz CT molecular complexity index is 7280. The summed E-state index contributed by atoms with van der Waals surface area (Å²) in [6.07, 6.45) is 18.1. The Balaban J connectivity index is 0.000000133. The predicted octanol–water partition coefficient (Wildman–Crippen LogP) is 20.0. The number of anilines is 7. The molecule has 704 valence electrons. The fourth-order valence-electron chi connectivity index (χ4n) is 17.3. The van der Waals surface area contributed by atoms with Crippen LogP contribution < -0.4 is 70.0 Å². The Labute approximate surface area is 806 Å². The number of fused-ring (bicyclic) bond motifs is 8. The van der Waals surface area contributed by atoms with E-state index in [0.29, 0.717) is 71.5 Å². The van der Waals surface area contributed by atoms with Crippen LogP contribution in [0.1, 0.15) is 108 Å². The molecule has 0 radical (unpaired) electrons. The van der Waals surface area contributed by atoms with Gasteiger partial charge in [-0.2, -0.15) is 0 Å². The number of ether oxygens (including phenoxy) is 7. The minimum atomic E-state index is -0.296. The van der Waals surface area contributed by atoms with Crippen LogP contribution in [0.5, 0.6) is 46.5 Å². The third-order valence-electron chi connectivity index (χ3n) is 23.9. The van der Waals surface area contributed by atoms with E-state index in [-0.39, 0.29) is 134 Å². The number of phenolic OH excluding ortho intramolecular Hbond substituents is 1. The molecule has 0 spiro atoms. The molecule has 0 bridgehead atoms. The van der Waals surface area contributed by atoms with Gasteiger partial charge >= 0.3 is 0 Å². The second kappa shape index (κ2) is 42.1. The first-order valence-electron chi connectivity index (χ1n) is 43.8. The van der Waals surface area contributed by atoms with Gasteiger partial charge in [-0.15, -0.1) is 0 Å². The zero-order chi connectivity index (χ0) is 92.0. The number of amides is 4. The second-order valence-corrected chi connectivity index (χ2v) is 32.4. The Kier molecular flexibility index (Phi) is 28.7. The van der Waals surface area contributed by atoms with Gasteiger partial charge in [0.1, 0.15) is 133 Å². The van der Waals surface area contributed by atoms with E-state index in [2.05, 4.69) is 65.7 Å². The van der Waals surface area contributed by atoms with Crippen molar-refractivity contribution < 1.29 is 57.4 Å². The van der Waals surface area contributed by atoms with Gasteiger partial charge in [-0.3, -0.25) is 19.2 Å². The molecule has 1 saturated carbocycles. The number of aromatic nitrogens is 12. The number of aromatic hydroxyl groups is 1. The topological polar surface area (TPSA) is 367 Å². The van der Waals surface area contributed by atoms with Gasteiger partial charge in [0.2, 0.25) is 23.5 Å². The van der Waals surface area contributed by atoms with E-state index in [0.717, 1.165) is 125 Å². The van der Waals surface area contributed by atoms with Gasteiger partial charge in [0, 0.05) is 69.1 Å². The molecule has 1 aliphatic carbocycles. The van der Waals surface area contributed by atoms with Gasteiger partial charge in [-0.05, 0) is 182 Å². The van der Waals surface area contributed by atoms with Gasteiger partial charge in [0.25, 0.3) is 23.6 Å². The molecule has 10 aromatic carbocycles. The highest BCUT2D eigenvalue weighted by Crippen LogP contribution is 2.41. The number of nitrogen functional groups attached to an aromatic ring is 3. The zero-order valence-corrected chi connectivity index (χ0v) is 73.3. The van der Waals surface area contributed by atoms with Crippen molar-refractivity contribution in [2.75, 3.05) is 89.4 Å². The summed E-state index contributed by atoms with van der Waals surface area (Å²) in [7, 11) is 0. The number of nitrogens with zero attached hydrogens (tertiary/aromatic N) is 16. The first-order valence-corrected chi connectivity index (χ1v) is 44.2. The highest BCUT2D eigenvalue weighted by molar-refractivity contribution is 6.34. The van der Waals surface area contributed by atoms with Crippen molar-refractivity contribution in [1.29, 1.82) is 0 Å². The van der Waals surface area contributed by atoms with Crippen LogP contribution in [-0.4, -0.2) is 146 Å². The van der Waals surface area contributed by atoms with Crippen molar-refractivity contribution in [1.82, 2.24) is 58.1 Å². The van der Waals surface area contributed by atoms with Gasteiger partial charge in [0.05, 0.1) is 77.1 Å². The molecule has 1 fully saturated rings. The van der Waals surface area contributed by atoms with E-state index in [1.165, 1.54) is 38.2 Å². The average Bonchev–Trinajstić information content (AvgIpc) is 1.65. The van der Waals surface area contributed by atoms with Crippen molar-refractivity contribution in [2.45, 2.75) is 74.7 Å². The van der Waals surface area contributed by atoms with Crippen LogP contribution in [0.2, 0.25) is 5.15 Å². The summed E-state index contributed by atoms with van der Waals surface area (Å²) in [4.78, 5) is 91.7. The van der Waals surface area contributed by atoms with Crippen LogP contribution in [0.4, 0.5) is 40.2 Å². The summed E-state index contributed by atoms with van der Waals surface area (Å²) in [5.74, 6) is 2.72. The highest BCUT2D eigenvalue weighted by atomic mass is 35.5. The summed E-state index contributed by atoms with van der Waals surface area (Å²) in [5.41, 5.74) is 31.3. The second-order valence-electron chi connectivity index (χ2n) is 32.1. The fraction of sp³-hybridized carbons (Fsp3) is 0.178. The minimum Gasteiger partial charge on any atom is -0.506 e. The van der Waals surface area contributed by atoms with Crippen LogP contribution in [0.15, 0.2) is 305 Å². The number of hydrogen-bond acceptors (Lipinski definition) is 23. The van der Waals surface area contributed by atoms with Gasteiger partial charge < -0.3 is 93.3 Å². The Morgan fingerprint density at radius 3 is 0.993 bits per heavy atom. The standard InChI is InChI=1S/C28H21ClN4O3.C28H23N5O3.C26H25N5O3.C21H17N5O3.4CH4/c2*29-26-25-27(31-18-30-26)35-15-14-32(28(25)34)21-10-11-22-20(16-21)12-13-33(22)23-8-4-5-9-24(23)36-17-19-6-2-1-3-7-19;27-24-23-25(29-16-28-24)33-14-13-30(26(23)32)18-9-10-20-17(15-18)11-12-31(20)21-7-3-4-8-22(21)34-19-5-1-2-6-19;22-19-18-20(24-12-23-19)29-10-9-25(21(18)28)14-5-6-15-13(11-14)7-8-26(15)16-3-1-2-4-17(16)27;;;;/h1-13,16,18H,14-15,17H2;1-13,16,18H,14-15,17H2,(H2,29,30,31);3-4,7-12,15-16,19H,1-2,5-6,13-14H2,(H2,27,28,29);1-8,11-12,27H,9-10H2,(H2,22,23,24);4*1H4. The van der Waals surface area contributed by atoms with Crippen LogP contribution in [0.3, 0.4) is 0 Å². The summed E-state index contributed by atoms with van der Waals surface area (Å²) in [6.45, 7) is 3.68. The van der Waals surface area contributed by atoms with Crippen molar-refractivity contribution in [2.24, 2.45) is 0 Å². The molecule has 0 saturated heterocycles. The summed E-state index contributed by atoms with van der Waals surface area (Å²) < 4.78 is 49.5. The van der Waals surface area contributed by atoms with Crippen molar-refractivity contribution in [3.63, 3.8) is 0 Å². The summed E-state index contributed by atoms with van der Waals surface area (Å²) in [6, 6.07) is 82.9. The maximum atomic E-state index is 13.3. The quantitative estimate of drug-likeness (QED) is 0.0653. The molecule has 12 heterocycles. The average molecular weight is 1880 g/mol. The number of halogens is 1. The van der Waals surface area contributed by atoms with E-state index >= 15 is 0 Å². The highest BCUT2D eigenvalue weighted by Gasteiger charge is 2.35. The molecule has 0 unspecified atom stereocenters. The largest absolute Gasteiger partial charge is 0.506 e. The molecule has 31 nitrogen and oxygen atoms in total. The third kappa shape index (κ3) is 19.4. The molecule has 5 aliphatic rings. The van der Waals surface area contributed by atoms with Gasteiger partial charge in [-0.25, -0.2) is 39.9 Å². The number of carbonyl (C=O) groups is 4. The molecule has 18 aromatic rings. The summed E-state index contributed by atoms with van der Waals surface area (Å²) in [5, 5.41) is 14.2. The number of carbonyl (C=O) groups excluding carboxylic acids is 4. The molecule has 4 amide bonds. The van der Waals surface area contributed by atoms with E-state index in [9.17, 15) is 24.3 Å². The normalized spacial score (nSPS) is 13.7. The molecule has 7 N–H and O–H groups in total. The molecule has 139 heavy (non-hydrogen) atoms. The SMILES string of the molecule is C.C.C.C.Nc1ncnc2c1C(=O)N(c1ccc3c(ccn3-c3ccccc3O)c1)CCO2.Nc1ncnc2c1C(=O)N(c1ccc3c(ccn3-c3ccccc3OC3CCCC3)c1)CCO2.Nc1ncnc2c1C(=O)N(c1ccc3c(ccn3-c3ccccc3OCc3ccccc3)c1)CCO2.O=C1c2c(Cl)ncnc2OCCN1c1ccc2c(ccn2-c2ccccc2OCc2ccccc2)c1. The van der Waals surface area contributed by atoms with Crippen LogP contribution >= 0.6 is 11.6 Å². The number of hydrogen-bond donors (Lipinski definition) is 4. The maximum Gasteiger partial charge on any atom is 0.267 e.